The van der Waals surface area contributed by atoms with Gasteiger partial charge in [0.05, 0.1) is 12.4 Å². The molecule has 0 bridgehead atoms. The lowest BCUT2D eigenvalue weighted by Crippen LogP contribution is -2.20. The molecule has 0 saturated heterocycles. The minimum atomic E-state index is -3.36. The van der Waals surface area contributed by atoms with Crippen molar-refractivity contribution >= 4 is 21.5 Å². The molecule has 0 aromatic carbocycles. The van der Waals surface area contributed by atoms with E-state index in [9.17, 15) is 8.42 Å². The Balaban J connectivity index is 2.51. The summed E-state index contributed by atoms with van der Waals surface area (Å²) in [6.07, 6.45) is 3.33. The fourth-order valence-corrected chi connectivity index (χ4v) is 3.13. The molecule has 1 atom stereocenters. The first-order chi connectivity index (χ1) is 7.87. The highest BCUT2D eigenvalue weighted by Crippen LogP contribution is 2.18. The van der Waals surface area contributed by atoms with E-state index in [0.29, 0.717) is 5.92 Å². The highest BCUT2D eigenvalue weighted by molar-refractivity contribution is 7.86. The van der Waals surface area contributed by atoms with Crippen LogP contribution in [-0.4, -0.2) is 20.8 Å². The number of thiophene rings is 1. The van der Waals surface area contributed by atoms with Crippen molar-refractivity contribution in [2.75, 3.05) is 6.26 Å². The summed E-state index contributed by atoms with van der Waals surface area (Å²) >= 11 is 1.70. The minimum Gasteiger partial charge on any atom is -0.267 e. The summed E-state index contributed by atoms with van der Waals surface area (Å²) in [6, 6.07) is 4.08. The predicted octanol–water partition coefficient (Wildman–Crippen LogP) is 3.07. The third kappa shape index (κ3) is 6.81. The zero-order valence-corrected chi connectivity index (χ0v) is 12.2. The molecule has 1 aromatic heterocycles. The van der Waals surface area contributed by atoms with Gasteiger partial charge in [-0.15, -0.1) is 11.3 Å². The summed E-state index contributed by atoms with van der Waals surface area (Å²) in [5.41, 5.74) is 0. The molecule has 0 N–H and O–H groups in total. The Labute approximate surface area is 108 Å². The van der Waals surface area contributed by atoms with Crippen molar-refractivity contribution in [3.63, 3.8) is 0 Å². The molecule has 98 valence electrons. The minimum absolute atomic E-state index is 0.202. The van der Waals surface area contributed by atoms with E-state index in [4.69, 9.17) is 4.18 Å². The van der Waals surface area contributed by atoms with E-state index < -0.39 is 10.1 Å². The molecule has 0 saturated carbocycles. The van der Waals surface area contributed by atoms with Crippen LogP contribution < -0.4 is 0 Å². The van der Waals surface area contributed by atoms with E-state index in [1.807, 2.05) is 11.4 Å². The van der Waals surface area contributed by atoms with Crippen LogP contribution in [0, 0.1) is 5.92 Å². The summed E-state index contributed by atoms with van der Waals surface area (Å²) in [5.74, 6) is 0.435. The van der Waals surface area contributed by atoms with Crippen molar-refractivity contribution in [1.82, 2.24) is 0 Å². The first kappa shape index (κ1) is 14.7. The predicted molar refractivity (Wildman–Crippen MR) is 71.8 cm³/mol. The lowest BCUT2D eigenvalue weighted by molar-refractivity contribution is 0.174. The molecule has 5 heteroatoms. The molecule has 0 amide bonds. The van der Waals surface area contributed by atoms with Crippen molar-refractivity contribution < 1.29 is 12.6 Å². The van der Waals surface area contributed by atoms with Crippen molar-refractivity contribution in [2.24, 2.45) is 5.92 Å². The second kappa shape index (κ2) is 6.52. The lowest BCUT2D eigenvalue weighted by atomic mass is 10.0. The van der Waals surface area contributed by atoms with Gasteiger partial charge in [0.2, 0.25) is 0 Å². The first-order valence-electron chi connectivity index (χ1n) is 5.77. The van der Waals surface area contributed by atoms with Gasteiger partial charge in [-0.3, -0.25) is 4.18 Å². The number of rotatable bonds is 7. The Morgan fingerprint density at radius 1 is 1.41 bits per heavy atom. The normalized spacial score (nSPS) is 14.1. The fourth-order valence-electron chi connectivity index (χ4n) is 1.74. The molecule has 0 fully saturated rings. The number of hydrogen-bond donors (Lipinski definition) is 0. The zero-order chi connectivity index (χ0) is 12.9. The summed E-state index contributed by atoms with van der Waals surface area (Å²) < 4.78 is 27.5. The maximum atomic E-state index is 11.2. The van der Waals surface area contributed by atoms with E-state index in [1.165, 1.54) is 4.88 Å². The van der Waals surface area contributed by atoms with Crippen LogP contribution in [0.5, 0.6) is 0 Å². The molecule has 1 unspecified atom stereocenters. The van der Waals surface area contributed by atoms with E-state index >= 15 is 0 Å². The summed E-state index contributed by atoms with van der Waals surface area (Å²) in [5, 5.41) is 2.03. The SMILES string of the molecule is CC(C)CC(CCc1cccs1)OS(C)(=O)=O. The van der Waals surface area contributed by atoms with Crippen LogP contribution in [0.3, 0.4) is 0 Å². The average Bonchev–Trinajstić information content (AvgIpc) is 2.62. The Morgan fingerprint density at radius 2 is 2.12 bits per heavy atom. The van der Waals surface area contributed by atoms with Crippen LogP contribution in [0.15, 0.2) is 17.5 Å². The molecule has 17 heavy (non-hydrogen) atoms. The number of aryl methyl sites for hydroxylation is 1. The van der Waals surface area contributed by atoms with Gasteiger partial charge in [-0.1, -0.05) is 19.9 Å². The molecule has 0 aliphatic rings. The standard InChI is InChI=1S/C12H20O3S2/c1-10(2)9-11(15-17(3,13)14)6-7-12-5-4-8-16-12/h4-5,8,10-11H,6-7,9H2,1-3H3. The number of hydrogen-bond acceptors (Lipinski definition) is 4. The smallest absolute Gasteiger partial charge is 0.264 e. The summed E-state index contributed by atoms with van der Waals surface area (Å²) in [4.78, 5) is 1.27. The van der Waals surface area contributed by atoms with Gasteiger partial charge >= 0.3 is 0 Å². The molecular weight excluding hydrogens is 256 g/mol. The van der Waals surface area contributed by atoms with Crippen LogP contribution in [0.4, 0.5) is 0 Å². The van der Waals surface area contributed by atoms with Crippen LogP contribution >= 0.6 is 11.3 Å². The second-order valence-electron chi connectivity index (χ2n) is 4.67. The quantitative estimate of drug-likeness (QED) is 0.719. The Hall–Kier alpha value is -0.390. The highest BCUT2D eigenvalue weighted by Gasteiger charge is 2.17. The molecule has 0 aliphatic heterocycles. The van der Waals surface area contributed by atoms with E-state index in [1.54, 1.807) is 11.3 Å². The lowest BCUT2D eigenvalue weighted by Gasteiger charge is -2.17. The van der Waals surface area contributed by atoms with E-state index in [2.05, 4.69) is 19.9 Å². The van der Waals surface area contributed by atoms with Crippen LogP contribution in [-0.2, 0) is 20.7 Å². The van der Waals surface area contributed by atoms with Gasteiger partial charge < -0.3 is 0 Å². The van der Waals surface area contributed by atoms with Gasteiger partial charge in [-0.25, -0.2) is 0 Å². The van der Waals surface area contributed by atoms with Crippen molar-refractivity contribution in [1.29, 1.82) is 0 Å². The van der Waals surface area contributed by atoms with Crippen LogP contribution in [0.1, 0.15) is 31.6 Å². The van der Waals surface area contributed by atoms with Crippen molar-refractivity contribution in [2.45, 2.75) is 39.2 Å². The Bertz CT molecular complexity index is 407. The van der Waals surface area contributed by atoms with Gasteiger partial charge in [0.15, 0.2) is 0 Å². The highest BCUT2D eigenvalue weighted by atomic mass is 32.2. The average molecular weight is 276 g/mol. The third-order valence-electron chi connectivity index (χ3n) is 2.34. The summed E-state index contributed by atoms with van der Waals surface area (Å²) in [7, 11) is -3.36. The summed E-state index contributed by atoms with van der Waals surface area (Å²) in [6.45, 7) is 4.15. The largest absolute Gasteiger partial charge is 0.267 e. The van der Waals surface area contributed by atoms with Crippen molar-refractivity contribution in [3.8, 4) is 0 Å². The monoisotopic (exact) mass is 276 g/mol. The maximum Gasteiger partial charge on any atom is 0.264 e. The van der Waals surface area contributed by atoms with Gasteiger partial charge in [0.1, 0.15) is 0 Å². The zero-order valence-electron chi connectivity index (χ0n) is 10.5. The van der Waals surface area contributed by atoms with Gasteiger partial charge in [-0.05, 0) is 36.6 Å². The van der Waals surface area contributed by atoms with Gasteiger partial charge in [0, 0.05) is 4.88 Å². The Kier molecular flexibility index (Phi) is 5.62. The molecule has 0 aliphatic carbocycles. The molecule has 1 aromatic rings. The van der Waals surface area contributed by atoms with Gasteiger partial charge in [-0.2, -0.15) is 8.42 Å². The molecular formula is C12H20O3S2. The van der Waals surface area contributed by atoms with Gasteiger partial charge in [0.25, 0.3) is 10.1 Å². The molecule has 1 rings (SSSR count). The molecule has 3 nitrogen and oxygen atoms in total. The van der Waals surface area contributed by atoms with Crippen LogP contribution in [0.25, 0.3) is 0 Å². The molecule has 0 radical (unpaired) electrons. The molecule has 0 spiro atoms. The van der Waals surface area contributed by atoms with E-state index in [0.717, 1.165) is 25.5 Å². The Morgan fingerprint density at radius 3 is 2.59 bits per heavy atom. The topological polar surface area (TPSA) is 43.4 Å². The first-order valence-corrected chi connectivity index (χ1v) is 8.47. The fraction of sp³-hybridized carbons (Fsp3) is 0.667. The van der Waals surface area contributed by atoms with E-state index in [-0.39, 0.29) is 6.10 Å². The van der Waals surface area contributed by atoms with Crippen LogP contribution in [0.2, 0.25) is 0 Å². The second-order valence-corrected chi connectivity index (χ2v) is 7.30. The van der Waals surface area contributed by atoms with Crippen molar-refractivity contribution in [3.05, 3.63) is 22.4 Å². The maximum absolute atomic E-state index is 11.2. The molecule has 1 heterocycles. The third-order valence-corrected chi connectivity index (χ3v) is 3.90.